The van der Waals surface area contributed by atoms with Crippen molar-refractivity contribution in [2.45, 2.75) is 56.9 Å². The van der Waals surface area contributed by atoms with Gasteiger partial charge in [0, 0.05) is 49.0 Å². The summed E-state index contributed by atoms with van der Waals surface area (Å²) in [5.74, 6) is -0.368. The molecule has 1 saturated carbocycles. The van der Waals surface area contributed by atoms with Gasteiger partial charge in [-0.25, -0.2) is 4.39 Å². The fourth-order valence-corrected chi connectivity index (χ4v) is 4.73. The van der Waals surface area contributed by atoms with Crippen molar-refractivity contribution in [3.05, 3.63) is 59.2 Å². The number of ketones is 1. The number of hydrogen-bond donors (Lipinski definition) is 1. The molecular formula is C26H32FN3O3S. The number of rotatable bonds is 10. The molecule has 2 heterocycles. The van der Waals surface area contributed by atoms with Crippen LogP contribution in [0.4, 0.5) is 4.39 Å². The summed E-state index contributed by atoms with van der Waals surface area (Å²) < 4.78 is 21.5. The van der Waals surface area contributed by atoms with E-state index in [1.165, 1.54) is 6.07 Å². The number of esters is 1. The van der Waals surface area contributed by atoms with Gasteiger partial charge in [-0.15, -0.1) is 0 Å². The van der Waals surface area contributed by atoms with E-state index in [1.54, 1.807) is 25.1 Å². The molecule has 0 radical (unpaired) electrons. The molecule has 0 spiro atoms. The zero-order valence-corrected chi connectivity index (χ0v) is 20.4. The predicted octanol–water partition coefficient (Wildman–Crippen LogP) is 4.47. The number of benzene rings is 1. The Bertz CT molecular complexity index is 1050. The van der Waals surface area contributed by atoms with Crippen LogP contribution in [0.3, 0.4) is 0 Å². The van der Waals surface area contributed by atoms with Crippen LogP contribution in [0.1, 0.15) is 56.3 Å². The molecule has 182 valence electrons. The predicted molar refractivity (Wildman–Crippen MR) is 132 cm³/mol. The quantitative estimate of drug-likeness (QED) is 0.397. The van der Waals surface area contributed by atoms with Crippen LogP contribution in [0.15, 0.2) is 42.1 Å². The molecule has 1 saturated heterocycles. The van der Waals surface area contributed by atoms with Gasteiger partial charge in [-0.05, 0) is 56.4 Å². The number of nitrogens with zero attached hydrogens (tertiary/aromatic N) is 3. The van der Waals surface area contributed by atoms with E-state index in [0.717, 1.165) is 30.5 Å². The molecule has 2 atom stereocenters. The third-order valence-electron chi connectivity index (χ3n) is 6.39. The highest BCUT2D eigenvalue weighted by Crippen LogP contribution is 2.39. The van der Waals surface area contributed by atoms with Crippen molar-refractivity contribution in [3.8, 4) is 0 Å². The average molecular weight is 486 g/mol. The van der Waals surface area contributed by atoms with Crippen LogP contribution in [0.5, 0.6) is 0 Å². The number of halogens is 1. The maximum Gasteiger partial charge on any atom is 0.305 e. The number of aromatic nitrogens is 2. The van der Waals surface area contributed by atoms with Crippen LogP contribution in [0.2, 0.25) is 0 Å². The molecule has 0 amide bonds. The number of thiol groups is 1. The number of carbonyl (C=O) groups is 2. The minimum absolute atomic E-state index is 0.0380. The largest absolute Gasteiger partial charge is 0.466 e. The second-order valence-electron chi connectivity index (χ2n) is 9.01. The molecule has 34 heavy (non-hydrogen) atoms. The Labute approximate surface area is 205 Å². The van der Waals surface area contributed by atoms with Gasteiger partial charge in [0.2, 0.25) is 0 Å². The van der Waals surface area contributed by atoms with Gasteiger partial charge in [0.05, 0.1) is 18.3 Å². The van der Waals surface area contributed by atoms with Crippen molar-refractivity contribution in [3.63, 3.8) is 0 Å². The first kappa shape index (κ1) is 24.7. The molecule has 2 unspecified atom stereocenters. The summed E-state index contributed by atoms with van der Waals surface area (Å²) in [5.41, 5.74) is 2.33. The van der Waals surface area contributed by atoms with E-state index in [1.807, 2.05) is 23.0 Å². The molecule has 1 aliphatic carbocycles. The lowest BCUT2D eigenvalue weighted by molar-refractivity contribution is -0.143. The lowest BCUT2D eigenvalue weighted by Gasteiger charge is -2.37. The zero-order chi connectivity index (χ0) is 24.1. The van der Waals surface area contributed by atoms with Crippen molar-refractivity contribution in [1.29, 1.82) is 0 Å². The first-order valence-corrected chi connectivity index (χ1v) is 12.6. The van der Waals surface area contributed by atoms with E-state index < -0.39 is 6.04 Å². The first-order valence-electron chi connectivity index (χ1n) is 12.1. The smallest absolute Gasteiger partial charge is 0.305 e. The maximum atomic E-state index is 14.7. The fraction of sp³-hybridized carbons (Fsp3) is 0.500. The Morgan fingerprint density at radius 3 is 2.79 bits per heavy atom. The molecule has 8 heteroatoms. The average Bonchev–Trinajstić information content (AvgIpc) is 3.58. The van der Waals surface area contributed by atoms with E-state index in [0.29, 0.717) is 44.6 Å². The number of likely N-dealkylation sites (tertiary alicyclic amines) is 1. The van der Waals surface area contributed by atoms with Crippen LogP contribution >= 0.6 is 12.6 Å². The molecule has 2 aliphatic rings. The van der Waals surface area contributed by atoms with Crippen LogP contribution in [0, 0.1) is 11.7 Å². The number of aryl methyl sites for hydroxylation is 1. The van der Waals surface area contributed by atoms with Crippen LogP contribution in [0.25, 0.3) is 6.08 Å². The minimum atomic E-state index is -0.571. The monoisotopic (exact) mass is 485 g/mol. The number of ether oxygens (including phenoxy) is 1. The summed E-state index contributed by atoms with van der Waals surface area (Å²) in [4.78, 5) is 26.8. The fourth-order valence-electron chi connectivity index (χ4n) is 4.46. The number of carbonyl (C=O) groups excluding carboxylic acids is 2. The van der Waals surface area contributed by atoms with Gasteiger partial charge in [-0.3, -0.25) is 19.2 Å². The van der Waals surface area contributed by atoms with E-state index >= 15 is 0 Å². The second-order valence-corrected chi connectivity index (χ2v) is 9.63. The highest BCUT2D eigenvalue weighted by atomic mass is 32.1. The lowest BCUT2D eigenvalue weighted by Crippen LogP contribution is -2.42. The van der Waals surface area contributed by atoms with E-state index in [-0.39, 0.29) is 28.7 Å². The first-order chi connectivity index (χ1) is 16.5. The molecule has 1 aromatic heterocycles. The number of hydrogen-bond acceptors (Lipinski definition) is 6. The van der Waals surface area contributed by atoms with Gasteiger partial charge in [0.1, 0.15) is 5.82 Å². The van der Waals surface area contributed by atoms with E-state index in [2.05, 4.69) is 10.00 Å². The molecule has 4 rings (SSSR count). The zero-order valence-electron chi connectivity index (χ0n) is 19.5. The summed E-state index contributed by atoms with van der Waals surface area (Å²) in [6, 6.07) is 7.97. The SMILES string of the molecule is CCOC(=O)CCCn1ccc(/C=C2/CN(C(C(=O)C3CC3)c3ccccc3F)CCC2S)n1. The number of Topliss-reactive ketones (excluding diaryl/α,β-unsaturated/α-hetero) is 1. The van der Waals surface area contributed by atoms with Crippen molar-refractivity contribution < 1.29 is 18.7 Å². The lowest BCUT2D eigenvalue weighted by atomic mass is 9.93. The van der Waals surface area contributed by atoms with Gasteiger partial charge in [0.15, 0.2) is 5.78 Å². The molecule has 2 fully saturated rings. The van der Waals surface area contributed by atoms with E-state index in [9.17, 15) is 14.0 Å². The van der Waals surface area contributed by atoms with Crippen molar-refractivity contribution in [2.24, 2.45) is 5.92 Å². The summed E-state index contributed by atoms with van der Waals surface area (Å²) in [6.07, 6.45) is 7.50. The Balaban J connectivity index is 1.47. The molecular weight excluding hydrogens is 453 g/mol. The minimum Gasteiger partial charge on any atom is -0.466 e. The summed E-state index contributed by atoms with van der Waals surface area (Å²) >= 11 is 4.77. The Morgan fingerprint density at radius 2 is 2.06 bits per heavy atom. The highest BCUT2D eigenvalue weighted by Gasteiger charge is 2.40. The second kappa shape index (κ2) is 11.3. The molecule has 6 nitrogen and oxygen atoms in total. The molecule has 0 N–H and O–H groups in total. The molecule has 1 aliphatic heterocycles. The summed E-state index contributed by atoms with van der Waals surface area (Å²) in [6.45, 7) is 4.05. The molecule has 2 aromatic rings. The Kier molecular flexibility index (Phi) is 8.21. The van der Waals surface area contributed by atoms with Crippen LogP contribution in [-0.2, 0) is 20.9 Å². The van der Waals surface area contributed by atoms with Gasteiger partial charge >= 0.3 is 5.97 Å². The standard InChI is InChI=1S/C26H32FN3O3S/c1-2-33-24(31)8-5-13-30-15-11-20(28-30)16-19-17-29(14-12-23(19)34)25(26(32)18-9-10-18)21-6-3-4-7-22(21)27/h3-4,6-7,11,15-16,18,23,25,34H,2,5,8-10,12-14,17H2,1H3/b19-16-. The van der Waals surface area contributed by atoms with E-state index in [4.69, 9.17) is 17.4 Å². The van der Waals surface area contributed by atoms with Gasteiger partial charge in [-0.2, -0.15) is 17.7 Å². The van der Waals surface area contributed by atoms with Crippen LogP contribution in [-0.4, -0.2) is 51.4 Å². The maximum absolute atomic E-state index is 14.7. The Hall–Kier alpha value is -2.45. The van der Waals surface area contributed by atoms with Crippen molar-refractivity contribution in [1.82, 2.24) is 14.7 Å². The van der Waals surface area contributed by atoms with Crippen molar-refractivity contribution in [2.75, 3.05) is 19.7 Å². The highest BCUT2D eigenvalue weighted by molar-refractivity contribution is 7.81. The third-order valence-corrected chi connectivity index (χ3v) is 6.98. The normalized spacial score (nSPS) is 20.9. The van der Waals surface area contributed by atoms with Gasteiger partial charge in [-0.1, -0.05) is 18.2 Å². The third kappa shape index (κ3) is 6.16. The molecule has 1 aromatic carbocycles. The Morgan fingerprint density at radius 1 is 1.26 bits per heavy atom. The summed E-state index contributed by atoms with van der Waals surface area (Å²) in [7, 11) is 0. The van der Waals surface area contributed by atoms with Gasteiger partial charge in [0.25, 0.3) is 0 Å². The molecule has 0 bridgehead atoms. The number of piperidine rings is 1. The van der Waals surface area contributed by atoms with Crippen LogP contribution < -0.4 is 0 Å². The van der Waals surface area contributed by atoms with Crippen molar-refractivity contribution >= 4 is 30.5 Å². The van der Waals surface area contributed by atoms with Gasteiger partial charge < -0.3 is 4.74 Å². The topological polar surface area (TPSA) is 64.4 Å². The summed E-state index contributed by atoms with van der Waals surface area (Å²) in [5, 5.41) is 4.66.